The van der Waals surface area contributed by atoms with Gasteiger partial charge in [-0.1, -0.05) is 84.4 Å². The average molecular weight is 438 g/mol. The van der Waals surface area contributed by atoms with Crippen molar-refractivity contribution in [1.82, 2.24) is 0 Å². The minimum absolute atomic E-state index is 0.185. The maximum absolute atomic E-state index is 5.97. The molecule has 0 saturated carbocycles. The molecular formula is C28H24ClN3. The van der Waals surface area contributed by atoms with Gasteiger partial charge in [0.05, 0.1) is 17.4 Å². The first kappa shape index (κ1) is 20.3. The summed E-state index contributed by atoms with van der Waals surface area (Å²) < 4.78 is 0. The topological polar surface area (TPSA) is 27.6 Å². The summed E-state index contributed by atoms with van der Waals surface area (Å²) >= 11 is 5.97. The van der Waals surface area contributed by atoms with E-state index in [2.05, 4.69) is 89.2 Å². The molecule has 1 aliphatic heterocycles. The summed E-state index contributed by atoms with van der Waals surface area (Å²) in [4.78, 5) is 0. The molecule has 0 aliphatic carbocycles. The zero-order valence-corrected chi connectivity index (χ0v) is 18.4. The lowest BCUT2D eigenvalue weighted by Gasteiger charge is -2.24. The van der Waals surface area contributed by atoms with Crippen molar-refractivity contribution >= 4 is 28.7 Å². The highest BCUT2D eigenvalue weighted by molar-refractivity contribution is 6.30. The summed E-state index contributed by atoms with van der Waals surface area (Å²) in [6.45, 7) is 0.753. The summed E-state index contributed by atoms with van der Waals surface area (Å²) in [5, 5.41) is 11.4. The van der Waals surface area contributed by atoms with E-state index in [1.54, 1.807) is 0 Å². The molecule has 1 N–H and O–H groups in total. The highest BCUT2D eigenvalue weighted by atomic mass is 35.5. The predicted octanol–water partition coefficient (Wildman–Crippen LogP) is 7.31. The average Bonchev–Trinajstić information content (AvgIpc) is 3.31. The summed E-state index contributed by atoms with van der Waals surface area (Å²) in [7, 11) is 0. The lowest BCUT2D eigenvalue weighted by molar-refractivity contribution is 0.709. The number of benzene rings is 4. The number of rotatable bonds is 6. The molecule has 0 radical (unpaired) electrons. The van der Waals surface area contributed by atoms with Crippen LogP contribution in [-0.2, 0) is 6.54 Å². The van der Waals surface area contributed by atoms with Gasteiger partial charge < -0.3 is 5.32 Å². The van der Waals surface area contributed by atoms with Crippen LogP contribution in [0.5, 0.6) is 0 Å². The number of hydrazone groups is 1. The van der Waals surface area contributed by atoms with Crippen LogP contribution in [-0.4, -0.2) is 5.71 Å². The molecule has 1 heterocycles. The Balaban J connectivity index is 1.37. The summed E-state index contributed by atoms with van der Waals surface area (Å²) in [5.41, 5.74) is 6.94. The third-order valence-electron chi connectivity index (χ3n) is 5.74. The van der Waals surface area contributed by atoms with Gasteiger partial charge in [0.15, 0.2) is 0 Å². The molecule has 5 rings (SSSR count). The van der Waals surface area contributed by atoms with Gasteiger partial charge >= 0.3 is 0 Å². The van der Waals surface area contributed by atoms with Crippen LogP contribution in [0.3, 0.4) is 0 Å². The second kappa shape index (κ2) is 9.29. The number of hydrogen-bond donors (Lipinski definition) is 1. The Morgan fingerprint density at radius 2 is 1.44 bits per heavy atom. The van der Waals surface area contributed by atoms with Crippen molar-refractivity contribution in [1.29, 1.82) is 0 Å². The Labute approximate surface area is 194 Å². The van der Waals surface area contributed by atoms with E-state index in [-0.39, 0.29) is 6.04 Å². The fourth-order valence-corrected chi connectivity index (χ4v) is 4.15. The molecule has 0 aromatic heterocycles. The van der Waals surface area contributed by atoms with Crippen molar-refractivity contribution in [2.75, 3.05) is 10.3 Å². The van der Waals surface area contributed by atoms with Crippen molar-refractivity contribution in [3.63, 3.8) is 0 Å². The van der Waals surface area contributed by atoms with Crippen LogP contribution in [0.4, 0.5) is 11.4 Å². The number of nitrogens with zero attached hydrogens (tertiary/aromatic N) is 2. The van der Waals surface area contributed by atoms with Crippen LogP contribution >= 0.6 is 11.6 Å². The van der Waals surface area contributed by atoms with E-state index in [4.69, 9.17) is 16.7 Å². The van der Waals surface area contributed by atoms with Crippen molar-refractivity contribution < 1.29 is 0 Å². The molecule has 0 fully saturated rings. The molecule has 3 nitrogen and oxygen atoms in total. The van der Waals surface area contributed by atoms with E-state index < -0.39 is 0 Å². The molecular weight excluding hydrogens is 414 g/mol. The number of anilines is 2. The van der Waals surface area contributed by atoms with E-state index >= 15 is 0 Å². The molecule has 0 amide bonds. The minimum Gasteiger partial charge on any atom is -0.381 e. The first-order valence-corrected chi connectivity index (χ1v) is 11.2. The Morgan fingerprint density at radius 3 is 2.12 bits per heavy atom. The van der Waals surface area contributed by atoms with Gasteiger partial charge in [-0.25, -0.2) is 0 Å². The van der Waals surface area contributed by atoms with E-state index in [9.17, 15) is 0 Å². The van der Waals surface area contributed by atoms with Gasteiger partial charge in [-0.3, -0.25) is 5.01 Å². The molecule has 0 saturated heterocycles. The molecule has 0 bridgehead atoms. The molecule has 4 aromatic carbocycles. The standard InChI is InChI=1S/C28H24ClN3/c29-24-13-15-25(16-14-24)30-20-21-11-17-26(18-12-21)32-28(23-9-5-2-6-10-23)19-27(31-32)22-7-3-1-4-8-22/h1-18,28,30H,19-20H2/t28-/m0/s1. The van der Waals surface area contributed by atoms with E-state index in [1.165, 1.54) is 16.7 Å². The van der Waals surface area contributed by atoms with Crippen molar-refractivity contribution in [2.24, 2.45) is 5.10 Å². The van der Waals surface area contributed by atoms with Crippen molar-refractivity contribution in [3.05, 3.63) is 131 Å². The Kier molecular flexibility index (Phi) is 5.91. The molecule has 4 aromatic rings. The highest BCUT2D eigenvalue weighted by Gasteiger charge is 2.29. The van der Waals surface area contributed by atoms with Crippen LogP contribution in [0.15, 0.2) is 114 Å². The second-order valence-electron chi connectivity index (χ2n) is 7.91. The van der Waals surface area contributed by atoms with Crippen LogP contribution < -0.4 is 10.3 Å². The quantitative estimate of drug-likeness (QED) is 0.342. The zero-order chi connectivity index (χ0) is 21.8. The molecule has 1 atom stereocenters. The molecule has 4 heteroatoms. The first-order valence-electron chi connectivity index (χ1n) is 10.8. The molecule has 32 heavy (non-hydrogen) atoms. The van der Waals surface area contributed by atoms with Crippen molar-refractivity contribution in [2.45, 2.75) is 19.0 Å². The Bertz CT molecular complexity index is 1190. The fourth-order valence-electron chi connectivity index (χ4n) is 4.03. The van der Waals surface area contributed by atoms with Crippen LogP contribution in [0.2, 0.25) is 5.02 Å². The number of halogens is 1. The third kappa shape index (κ3) is 4.53. The molecule has 1 aliphatic rings. The molecule has 0 unspecified atom stereocenters. The van der Waals surface area contributed by atoms with Gasteiger partial charge in [-0.15, -0.1) is 0 Å². The summed E-state index contributed by atoms with van der Waals surface area (Å²) in [6.07, 6.45) is 0.883. The maximum atomic E-state index is 5.97. The van der Waals surface area contributed by atoms with E-state index in [0.29, 0.717) is 0 Å². The van der Waals surface area contributed by atoms with Gasteiger partial charge in [0, 0.05) is 23.7 Å². The first-order chi connectivity index (χ1) is 15.8. The fraction of sp³-hybridized carbons (Fsp3) is 0.107. The monoisotopic (exact) mass is 437 g/mol. The Morgan fingerprint density at radius 1 is 0.781 bits per heavy atom. The highest BCUT2D eigenvalue weighted by Crippen LogP contribution is 2.36. The Hall–Kier alpha value is -3.56. The van der Waals surface area contributed by atoms with Gasteiger partial charge in [-0.2, -0.15) is 5.10 Å². The van der Waals surface area contributed by atoms with Gasteiger partial charge in [0.1, 0.15) is 0 Å². The second-order valence-corrected chi connectivity index (χ2v) is 8.35. The lowest BCUT2D eigenvalue weighted by Crippen LogP contribution is -2.18. The normalized spacial score (nSPS) is 15.5. The number of hydrogen-bond acceptors (Lipinski definition) is 3. The summed E-state index contributed by atoms with van der Waals surface area (Å²) in [6, 6.07) is 37.7. The molecule has 158 valence electrons. The largest absolute Gasteiger partial charge is 0.381 e. The zero-order valence-electron chi connectivity index (χ0n) is 17.7. The predicted molar refractivity (Wildman–Crippen MR) is 134 cm³/mol. The smallest absolute Gasteiger partial charge is 0.0831 e. The summed E-state index contributed by atoms with van der Waals surface area (Å²) in [5.74, 6) is 0. The maximum Gasteiger partial charge on any atom is 0.0831 e. The molecule has 0 spiro atoms. The van der Waals surface area contributed by atoms with Crippen molar-refractivity contribution in [3.8, 4) is 0 Å². The SMILES string of the molecule is Clc1ccc(NCc2ccc(N3N=C(c4ccccc4)C[C@H]3c3ccccc3)cc2)cc1. The van der Waals surface area contributed by atoms with E-state index in [1.807, 2.05) is 30.3 Å². The van der Waals surface area contributed by atoms with Crippen LogP contribution in [0.1, 0.15) is 29.2 Å². The van der Waals surface area contributed by atoms with Gasteiger partial charge in [-0.05, 0) is 53.1 Å². The van der Waals surface area contributed by atoms with Gasteiger partial charge in [0.2, 0.25) is 0 Å². The lowest BCUT2D eigenvalue weighted by atomic mass is 9.98. The van der Waals surface area contributed by atoms with Crippen LogP contribution in [0.25, 0.3) is 0 Å². The minimum atomic E-state index is 0.185. The number of nitrogens with one attached hydrogen (secondary N) is 1. The van der Waals surface area contributed by atoms with E-state index in [0.717, 1.165) is 35.1 Å². The van der Waals surface area contributed by atoms with Gasteiger partial charge in [0.25, 0.3) is 0 Å². The third-order valence-corrected chi connectivity index (χ3v) is 6.00. The van der Waals surface area contributed by atoms with Crippen LogP contribution in [0, 0.1) is 0 Å².